The van der Waals surface area contributed by atoms with Crippen LogP contribution in [0.5, 0.6) is 5.75 Å². The number of carbonyl (C=O) groups is 1. The fraction of sp³-hybridized carbons (Fsp3) is 0.462. The Balaban J connectivity index is 1.45. The van der Waals surface area contributed by atoms with Crippen LogP contribution in [-0.4, -0.2) is 54.4 Å². The summed E-state index contributed by atoms with van der Waals surface area (Å²) in [6.45, 7) is 8.14. The zero-order valence-electron chi connectivity index (χ0n) is 19.5. The second-order valence-corrected chi connectivity index (χ2v) is 9.17. The van der Waals surface area contributed by atoms with E-state index in [-0.39, 0.29) is 12.3 Å². The van der Waals surface area contributed by atoms with Gasteiger partial charge in [0.25, 0.3) is 0 Å². The van der Waals surface area contributed by atoms with Crippen molar-refractivity contribution in [3.63, 3.8) is 0 Å². The number of rotatable bonds is 7. The number of hydrogen-bond donors (Lipinski definition) is 0. The highest BCUT2D eigenvalue weighted by Crippen LogP contribution is 2.24. The summed E-state index contributed by atoms with van der Waals surface area (Å²) < 4.78 is 11.4. The van der Waals surface area contributed by atoms with Crippen molar-refractivity contribution in [2.24, 2.45) is 0 Å². The first-order valence-corrected chi connectivity index (χ1v) is 11.2. The molecule has 1 aliphatic rings. The highest BCUT2D eigenvalue weighted by atomic mass is 16.6. The van der Waals surface area contributed by atoms with Gasteiger partial charge >= 0.3 is 6.09 Å². The minimum absolute atomic E-state index is 0.0801. The standard InChI is InChI=1S/C26H33N3O3/c1-26(2,3)32-25(30)28(4)24-7-5-16-29(24)17-6-18-31-23-14-12-22(13-15-23)21-10-8-20(19-27)9-11-21/h8-15,24H,5-7,16-18H2,1-4H3. The summed E-state index contributed by atoms with van der Waals surface area (Å²) in [5.41, 5.74) is 2.33. The van der Waals surface area contributed by atoms with Crippen molar-refractivity contribution < 1.29 is 14.3 Å². The van der Waals surface area contributed by atoms with Gasteiger partial charge < -0.3 is 9.47 Å². The number of carbonyl (C=O) groups excluding carboxylic acids is 1. The van der Waals surface area contributed by atoms with Gasteiger partial charge in [0.2, 0.25) is 0 Å². The van der Waals surface area contributed by atoms with Gasteiger partial charge in [-0.25, -0.2) is 4.79 Å². The third-order valence-corrected chi connectivity index (χ3v) is 5.52. The highest BCUT2D eigenvalue weighted by Gasteiger charge is 2.32. The Kier molecular flexibility index (Phi) is 7.76. The molecule has 1 atom stereocenters. The normalized spacial score (nSPS) is 16.4. The van der Waals surface area contributed by atoms with Crippen LogP contribution >= 0.6 is 0 Å². The van der Waals surface area contributed by atoms with Gasteiger partial charge in [0.15, 0.2) is 0 Å². The minimum atomic E-state index is -0.488. The molecule has 0 aromatic heterocycles. The molecule has 1 unspecified atom stereocenters. The SMILES string of the molecule is CN(C(=O)OC(C)(C)C)C1CCCN1CCCOc1ccc(-c2ccc(C#N)cc2)cc1. The van der Waals surface area contributed by atoms with Gasteiger partial charge in [-0.2, -0.15) is 5.26 Å². The van der Waals surface area contributed by atoms with Crippen LogP contribution < -0.4 is 4.74 Å². The van der Waals surface area contributed by atoms with Gasteiger partial charge in [0, 0.05) is 20.1 Å². The lowest BCUT2D eigenvalue weighted by molar-refractivity contribution is 0.00482. The lowest BCUT2D eigenvalue weighted by Gasteiger charge is -2.33. The van der Waals surface area contributed by atoms with E-state index >= 15 is 0 Å². The molecule has 1 aliphatic heterocycles. The van der Waals surface area contributed by atoms with E-state index in [0.717, 1.165) is 49.2 Å². The maximum absolute atomic E-state index is 12.4. The Morgan fingerprint density at radius 2 is 1.75 bits per heavy atom. The Bertz CT molecular complexity index is 927. The van der Waals surface area contributed by atoms with Crippen molar-refractivity contribution in [2.45, 2.75) is 51.8 Å². The quantitative estimate of drug-likeness (QED) is 0.554. The maximum atomic E-state index is 12.4. The van der Waals surface area contributed by atoms with E-state index in [1.54, 1.807) is 4.90 Å². The third kappa shape index (κ3) is 6.48. The van der Waals surface area contributed by atoms with Crippen molar-refractivity contribution in [3.05, 3.63) is 54.1 Å². The predicted octanol–water partition coefficient (Wildman–Crippen LogP) is 5.28. The monoisotopic (exact) mass is 435 g/mol. The van der Waals surface area contributed by atoms with E-state index in [0.29, 0.717) is 12.2 Å². The first-order chi connectivity index (χ1) is 15.3. The van der Waals surface area contributed by atoms with Gasteiger partial charge in [-0.1, -0.05) is 24.3 Å². The molecule has 1 fully saturated rings. The van der Waals surface area contributed by atoms with Gasteiger partial charge in [-0.15, -0.1) is 0 Å². The van der Waals surface area contributed by atoms with E-state index in [2.05, 4.69) is 11.0 Å². The average Bonchev–Trinajstić information content (AvgIpc) is 3.24. The van der Waals surface area contributed by atoms with Crippen molar-refractivity contribution in [2.75, 3.05) is 26.7 Å². The molecule has 2 aromatic rings. The molecule has 0 N–H and O–H groups in total. The van der Waals surface area contributed by atoms with Gasteiger partial charge in [-0.3, -0.25) is 9.80 Å². The Hall–Kier alpha value is -3.04. The number of hydrogen-bond acceptors (Lipinski definition) is 5. The van der Waals surface area contributed by atoms with Crippen LogP contribution in [0.15, 0.2) is 48.5 Å². The fourth-order valence-electron chi connectivity index (χ4n) is 3.90. The Morgan fingerprint density at radius 3 is 2.34 bits per heavy atom. The first kappa shape index (κ1) is 23.6. The highest BCUT2D eigenvalue weighted by molar-refractivity contribution is 5.68. The molecule has 1 amide bonds. The molecule has 3 rings (SSSR count). The molecule has 0 aliphatic carbocycles. The summed E-state index contributed by atoms with van der Waals surface area (Å²) >= 11 is 0. The number of nitrogens with zero attached hydrogens (tertiary/aromatic N) is 3. The van der Waals surface area contributed by atoms with Gasteiger partial charge in [0.1, 0.15) is 11.4 Å². The van der Waals surface area contributed by atoms with E-state index in [9.17, 15) is 4.79 Å². The van der Waals surface area contributed by atoms with E-state index < -0.39 is 5.60 Å². The molecule has 1 saturated heterocycles. The molecule has 6 heteroatoms. The molecule has 6 nitrogen and oxygen atoms in total. The molecule has 32 heavy (non-hydrogen) atoms. The molecule has 170 valence electrons. The number of ether oxygens (including phenoxy) is 2. The zero-order valence-corrected chi connectivity index (χ0v) is 19.5. The molecular formula is C26H33N3O3. The summed E-state index contributed by atoms with van der Waals surface area (Å²) in [7, 11) is 1.82. The van der Waals surface area contributed by atoms with Crippen LogP contribution in [0.4, 0.5) is 4.79 Å². The second-order valence-electron chi connectivity index (χ2n) is 9.17. The largest absolute Gasteiger partial charge is 0.494 e. The van der Waals surface area contributed by atoms with E-state index in [1.165, 1.54) is 0 Å². The molecule has 0 spiro atoms. The van der Waals surface area contributed by atoms with Crippen molar-refractivity contribution in [3.8, 4) is 22.9 Å². The van der Waals surface area contributed by atoms with Crippen molar-refractivity contribution in [1.82, 2.24) is 9.80 Å². The summed E-state index contributed by atoms with van der Waals surface area (Å²) in [4.78, 5) is 16.5. The minimum Gasteiger partial charge on any atom is -0.494 e. The Morgan fingerprint density at radius 1 is 1.12 bits per heavy atom. The summed E-state index contributed by atoms with van der Waals surface area (Å²) in [6, 6.07) is 17.7. The van der Waals surface area contributed by atoms with E-state index in [1.807, 2.05) is 76.3 Å². The van der Waals surface area contributed by atoms with E-state index in [4.69, 9.17) is 14.7 Å². The second kappa shape index (κ2) is 10.5. The molecule has 1 heterocycles. The van der Waals surface area contributed by atoms with Crippen LogP contribution in [0.1, 0.15) is 45.6 Å². The third-order valence-electron chi connectivity index (χ3n) is 5.52. The van der Waals surface area contributed by atoms with Crippen LogP contribution in [0.3, 0.4) is 0 Å². The lowest BCUT2D eigenvalue weighted by Crippen LogP contribution is -2.47. The molecular weight excluding hydrogens is 402 g/mol. The number of benzene rings is 2. The van der Waals surface area contributed by atoms with Crippen molar-refractivity contribution in [1.29, 1.82) is 5.26 Å². The van der Waals surface area contributed by atoms with Gasteiger partial charge in [-0.05, 0) is 75.4 Å². The first-order valence-electron chi connectivity index (χ1n) is 11.2. The topological polar surface area (TPSA) is 65.8 Å². The van der Waals surface area contributed by atoms with Crippen LogP contribution in [0, 0.1) is 11.3 Å². The van der Waals surface area contributed by atoms with Crippen LogP contribution in [0.2, 0.25) is 0 Å². The number of likely N-dealkylation sites (tertiary alicyclic amines) is 1. The lowest BCUT2D eigenvalue weighted by atomic mass is 10.0. The summed E-state index contributed by atoms with van der Waals surface area (Å²) in [5.74, 6) is 0.839. The van der Waals surface area contributed by atoms with Crippen LogP contribution in [0.25, 0.3) is 11.1 Å². The number of nitriles is 1. The predicted molar refractivity (Wildman–Crippen MR) is 125 cm³/mol. The van der Waals surface area contributed by atoms with Crippen molar-refractivity contribution >= 4 is 6.09 Å². The smallest absolute Gasteiger partial charge is 0.411 e. The summed E-state index contributed by atoms with van der Waals surface area (Å²) in [6.07, 6.45) is 2.74. The number of amides is 1. The molecule has 0 saturated carbocycles. The molecule has 0 bridgehead atoms. The Labute approximate surface area is 191 Å². The molecule has 2 aromatic carbocycles. The fourth-order valence-corrected chi connectivity index (χ4v) is 3.90. The zero-order chi connectivity index (χ0) is 23.1. The maximum Gasteiger partial charge on any atom is 0.411 e. The molecule has 0 radical (unpaired) electrons. The van der Waals surface area contributed by atoms with Crippen LogP contribution in [-0.2, 0) is 4.74 Å². The average molecular weight is 436 g/mol. The van der Waals surface area contributed by atoms with Gasteiger partial charge in [0.05, 0.1) is 24.4 Å². The summed E-state index contributed by atoms with van der Waals surface area (Å²) in [5, 5.41) is 8.92.